The summed E-state index contributed by atoms with van der Waals surface area (Å²) in [7, 11) is 0. The smallest absolute Gasteiger partial charge is 0.290 e. The minimum absolute atomic E-state index is 0.0356. The van der Waals surface area contributed by atoms with Gasteiger partial charge < -0.3 is 20.0 Å². The van der Waals surface area contributed by atoms with E-state index in [4.69, 9.17) is 9.90 Å². The van der Waals surface area contributed by atoms with E-state index in [-0.39, 0.29) is 29.9 Å². The van der Waals surface area contributed by atoms with Gasteiger partial charge in [-0.3, -0.25) is 14.4 Å². The van der Waals surface area contributed by atoms with Gasteiger partial charge in [0.15, 0.2) is 0 Å². The van der Waals surface area contributed by atoms with E-state index in [0.29, 0.717) is 17.8 Å². The van der Waals surface area contributed by atoms with E-state index >= 15 is 0 Å². The lowest BCUT2D eigenvalue weighted by atomic mass is 10.0. The van der Waals surface area contributed by atoms with E-state index in [2.05, 4.69) is 15.3 Å². The zero-order valence-corrected chi connectivity index (χ0v) is 16.3. The third-order valence-corrected chi connectivity index (χ3v) is 4.23. The minimum Gasteiger partial charge on any atom is -0.483 e. The van der Waals surface area contributed by atoms with Gasteiger partial charge >= 0.3 is 0 Å². The Morgan fingerprint density at radius 1 is 1.24 bits per heavy atom. The Bertz CT molecular complexity index is 966. The molecule has 1 aromatic carbocycles. The molecular weight excluding hydrogens is 372 g/mol. The normalized spacial score (nSPS) is 11.3. The van der Waals surface area contributed by atoms with E-state index < -0.39 is 0 Å². The van der Waals surface area contributed by atoms with Crippen molar-refractivity contribution in [2.24, 2.45) is 0 Å². The van der Waals surface area contributed by atoms with Crippen LogP contribution in [0.4, 0.5) is 0 Å². The second-order valence-electron chi connectivity index (χ2n) is 6.61. The number of pyridine rings is 1. The average molecular weight is 396 g/mol. The van der Waals surface area contributed by atoms with Gasteiger partial charge in [-0.25, -0.2) is 4.98 Å². The molecule has 3 aromatic rings. The van der Waals surface area contributed by atoms with E-state index in [9.17, 15) is 9.59 Å². The molecule has 0 saturated heterocycles. The monoisotopic (exact) mass is 396 g/mol. The predicted octanol–water partition coefficient (Wildman–Crippen LogP) is 2.57. The summed E-state index contributed by atoms with van der Waals surface area (Å²) in [5.41, 5.74) is 1.93. The SMILES string of the molecule is CC(C)c1[nH]c(=O)ccc1C(=O)NC(Cn1ccnc1)c1ccccc1.O=CO. The van der Waals surface area contributed by atoms with Crippen LogP contribution >= 0.6 is 0 Å². The molecule has 2 heterocycles. The lowest BCUT2D eigenvalue weighted by molar-refractivity contribution is -0.122. The highest BCUT2D eigenvalue weighted by atomic mass is 16.3. The first-order chi connectivity index (χ1) is 14.0. The van der Waals surface area contributed by atoms with Crippen LogP contribution in [0.5, 0.6) is 0 Å². The summed E-state index contributed by atoms with van der Waals surface area (Å²) in [4.78, 5) is 39.8. The average Bonchev–Trinajstić information content (AvgIpc) is 3.21. The first-order valence-electron chi connectivity index (χ1n) is 9.08. The summed E-state index contributed by atoms with van der Waals surface area (Å²) in [6.45, 7) is 4.21. The van der Waals surface area contributed by atoms with Crippen LogP contribution in [0.3, 0.4) is 0 Å². The van der Waals surface area contributed by atoms with Crippen LogP contribution in [0.15, 0.2) is 66.0 Å². The van der Waals surface area contributed by atoms with Crippen molar-refractivity contribution in [3.8, 4) is 0 Å². The van der Waals surface area contributed by atoms with Crippen molar-refractivity contribution in [1.29, 1.82) is 0 Å². The number of aromatic amines is 1. The van der Waals surface area contributed by atoms with Gasteiger partial charge in [0.05, 0.1) is 17.9 Å². The molecule has 152 valence electrons. The molecule has 0 aliphatic carbocycles. The minimum atomic E-state index is -0.250. The van der Waals surface area contributed by atoms with Crippen LogP contribution in [0, 0.1) is 0 Å². The maximum atomic E-state index is 12.9. The summed E-state index contributed by atoms with van der Waals surface area (Å²) in [5.74, 6) is -0.174. The molecule has 0 bridgehead atoms. The molecule has 29 heavy (non-hydrogen) atoms. The van der Waals surface area contributed by atoms with Gasteiger partial charge in [-0.15, -0.1) is 0 Å². The Kier molecular flexibility index (Phi) is 7.90. The molecule has 0 fully saturated rings. The number of benzene rings is 1. The summed E-state index contributed by atoms with van der Waals surface area (Å²) < 4.78 is 1.92. The number of hydrogen-bond acceptors (Lipinski definition) is 4. The Balaban J connectivity index is 0.000000941. The van der Waals surface area contributed by atoms with Crippen molar-refractivity contribution < 1.29 is 14.7 Å². The summed E-state index contributed by atoms with van der Waals surface area (Å²) >= 11 is 0. The van der Waals surface area contributed by atoms with Crippen molar-refractivity contribution >= 4 is 12.4 Å². The van der Waals surface area contributed by atoms with Gasteiger partial charge in [-0.2, -0.15) is 0 Å². The molecule has 8 heteroatoms. The molecule has 0 aliphatic heterocycles. The molecule has 1 unspecified atom stereocenters. The molecule has 3 N–H and O–H groups in total. The number of nitrogens with one attached hydrogen (secondary N) is 2. The second kappa shape index (κ2) is 10.6. The van der Waals surface area contributed by atoms with Crippen LogP contribution < -0.4 is 10.9 Å². The quantitative estimate of drug-likeness (QED) is 0.554. The molecule has 0 aliphatic rings. The van der Waals surface area contributed by atoms with E-state index in [1.54, 1.807) is 18.6 Å². The zero-order chi connectivity index (χ0) is 21.2. The fourth-order valence-corrected chi connectivity index (χ4v) is 2.91. The number of H-pyrrole nitrogens is 1. The van der Waals surface area contributed by atoms with Gasteiger partial charge in [0, 0.05) is 30.7 Å². The van der Waals surface area contributed by atoms with Gasteiger partial charge in [0.2, 0.25) is 5.56 Å². The molecule has 8 nitrogen and oxygen atoms in total. The van der Waals surface area contributed by atoms with Crippen LogP contribution in [-0.2, 0) is 11.3 Å². The first-order valence-corrected chi connectivity index (χ1v) is 9.08. The Morgan fingerprint density at radius 2 is 1.93 bits per heavy atom. The third-order valence-electron chi connectivity index (χ3n) is 4.23. The summed E-state index contributed by atoms with van der Waals surface area (Å²) in [6.07, 6.45) is 5.30. The lowest BCUT2D eigenvalue weighted by Crippen LogP contribution is -2.32. The van der Waals surface area contributed by atoms with Crippen LogP contribution in [-0.4, -0.2) is 32.0 Å². The van der Waals surface area contributed by atoms with Crippen LogP contribution in [0.1, 0.15) is 47.4 Å². The summed E-state index contributed by atoms with van der Waals surface area (Å²) in [6, 6.07) is 12.6. The maximum absolute atomic E-state index is 12.9. The number of amides is 1. The molecule has 0 radical (unpaired) electrons. The van der Waals surface area contributed by atoms with Crippen molar-refractivity contribution in [2.75, 3.05) is 0 Å². The Labute approximate surface area is 168 Å². The number of aromatic nitrogens is 3. The largest absolute Gasteiger partial charge is 0.483 e. The van der Waals surface area contributed by atoms with E-state index in [0.717, 1.165) is 5.56 Å². The molecule has 0 saturated carbocycles. The fraction of sp³-hybridized carbons (Fsp3) is 0.238. The maximum Gasteiger partial charge on any atom is 0.290 e. The van der Waals surface area contributed by atoms with Crippen molar-refractivity contribution in [1.82, 2.24) is 19.9 Å². The molecule has 3 rings (SSSR count). The van der Waals surface area contributed by atoms with E-state index in [1.165, 1.54) is 6.07 Å². The molecule has 1 atom stereocenters. The van der Waals surface area contributed by atoms with Crippen molar-refractivity contribution in [2.45, 2.75) is 32.4 Å². The molecule has 0 spiro atoms. The highest BCUT2D eigenvalue weighted by Gasteiger charge is 2.20. The zero-order valence-electron chi connectivity index (χ0n) is 16.3. The summed E-state index contributed by atoms with van der Waals surface area (Å²) in [5, 5.41) is 9.98. The number of carboxylic acid groups (broad SMARTS) is 1. The molecule has 2 aromatic heterocycles. The van der Waals surface area contributed by atoms with Gasteiger partial charge in [0.25, 0.3) is 12.4 Å². The topological polar surface area (TPSA) is 117 Å². The number of rotatable bonds is 6. The third kappa shape index (κ3) is 6.17. The standard InChI is InChI=1S/C20H22N4O2.CH2O2/c1-14(2)19-16(8-9-18(25)23-19)20(26)22-17(12-24-11-10-21-13-24)15-6-4-3-5-7-15;2-1-3/h3-11,13-14,17H,12H2,1-2H3,(H,22,26)(H,23,25);1H,(H,2,3). The number of hydrogen-bond donors (Lipinski definition) is 3. The van der Waals surface area contributed by atoms with Crippen molar-refractivity contribution in [3.63, 3.8) is 0 Å². The van der Waals surface area contributed by atoms with Gasteiger partial charge in [-0.05, 0) is 17.5 Å². The number of nitrogens with zero attached hydrogens (tertiary/aromatic N) is 2. The van der Waals surface area contributed by atoms with E-state index in [1.807, 2.05) is 54.9 Å². The Hall–Kier alpha value is -3.68. The number of carbonyl (C=O) groups excluding carboxylic acids is 1. The molecule has 1 amide bonds. The second-order valence-corrected chi connectivity index (χ2v) is 6.61. The fourth-order valence-electron chi connectivity index (χ4n) is 2.91. The lowest BCUT2D eigenvalue weighted by Gasteiger charge is -2.21. The first kappa shape index (κ1) is 21.6. The predicted molar refractivity (Wildman–Crippen MR) is 109 cm³/mol. The van der Waals surface area contributed by atoms with Crippen LogP contribution in [0.2, 0.25) is 0 Å². The highest BCUT2D eigenvalue weighted by molar-refractivity contribution is 5.95. The highest BCUT2D eigenvalue weighted by Crippen LogP contribution is 2.19. The Morgan fingerprint density at radius 3 is 2.52 bits per heavy atom. The van der Waals surface area contributed by atoms with Gasteiger partial charge in [-0.1, -0.05) is 44.2 Å². The molecular formula is C21H24N4O4. The van der Waals surface area contributed by atoms with Crippen LogP contribution in [0.25, 0.3) is 0 Å². The van der Waals surface area contributed by atoms with Gasteiger partial charge in [0.1, 0.15) is 0 Å². The number of imidazole rings is 1. The number of carbonyl (C=O) groups is 2. The van der Waals surface area contributed by atoms with Crippen molar-refractivity contribution in [3.05, 3.63) is 88.4 Å².